The molecule has 4 radical (unpaired) electrons. The molecule has 0 heterocycles. The molecule has 0 aliphatic carbocycles. The molecule has 0 bridgehead atoms. The average Bonchev–Trinajstić information content (AvgIpc) is 1.25. The Labute approximate surface area is 212 Å². The van der Waals surface area contributed by atoms with Gasteiger partial charge in [-0.05, 0) is 0 Å². The molecule has 8 nitrogen and oxygen atoms in total. The Morgan fingerprint density at radius 1 is 0.643 bits per heavy atom. The predicted molar refractivity (Wildman–Crippen MR) is 55.5 cm³/mol. The van der Waals surface area contributed by atoms with Crippen molar-refractivity contribution in [2.24, 2.45) is 0 Å². The van der Waals surface area contributed by atoms with Crippen molar-refractivity contribution < 1.29 is 41.0 Å². The maximum Gasteiger partial charge on any atom is 0 e. The van der Waals surface area contributed by atoms with Crippen LogP contribution < -0.4 is 0 Å². The fourth-order valence-corrected chi connectivity index (χ4v) is 0. The van der Waals surface area contributed by atoms with Crippen molar-refractivity contribution in [3.8, 4) is 0 Å². The molecule has 12 heteroatoms. The van der Waals surface area contributed by atoms with Gasteiger partial charge in [0.2, 0.25) is 0 Å². The van der Waals surface area contributed by atoms with Crippen LogP contribution in [0.3, 0.4) is 0 Å². The molecular weight excluding hydrogens is 311 g/mol. The Morgan fingerprint density at radius 3 is 0.643 bits per heavy atom. The van der Waals surface area contributed by atoms with Gasteiger partial charge in [-0.3, -0.25) is 0 Å². The van der Waals surface area contributed by atoms with Crippen LogP contribution in [0.4, 0.5) is 9.59 Å². The van der Waals surface area contributed by atoms with Crippen LogP contribution >= 0.6 is 0 Å². The third kappa shape index (κ3) is 234. The van der Waals surface area contributed by atoms with E-state index < -0.39 is 12.3 Å². The molecule has 0 aromatic heterocycles. The summed E-state index contributed by atoms with van der Waals surface area (Å²) in [6.45, 7) is 0. The van der Waals surface area contributed by atoms with Crippen molar-refractivity contribution in [3.05, 3.63) is 0 Å². The van der Waals surface area contributed by atoms with E-state index in [-0.39, 0.29) is 176 Å². The van der Waals surface area contributed by atoms with E-state index in [4.69, 9.17) is 30.0 Å². The van der Waals surface area contributed by atoms with Crippen LogP contribution in [0.2, 0.25) is 0 Å². The summed E-state index contributed by atoms with van der Waals surface area (Å²) in [6, 6.07) is 0. The maximum absolute atomic E-state index is 8.56. The molecule has 0 unspecified atom stereocenters. The Bertz CT molecular complexity index is 80.6. The number of hydrogen-bond acceptors (Lipinski definition) is 2. The smallest absolute Gasteiger partial charge is 0 e. The van der Waals surface area contributed by atoms with Gasteiger partial charge in [0, 0.05) is 11.0 Å². The van der Waals surface area contributed by atoms with Gasteiger partial charge in [-0.25, -0.2) is 9.59 Å². The van der Waals surface area contributed by atoms with E-state index in [9.17, 15) is 0 Å². The van der Waals surface area contributed by atoms with Crippen molar-refractivity contribution in [2.45, 2.75) is 0 Å². The van der Waals surface area contributed by atoms with Crippen LogP contribution in [-0.2, 0) is 11.0 Å². The van der Waals surface area contributed by atoms with Crippen LogP contribution in [0, 0.1) is 0 Å². The molecule has 0 fully saturated rings. The summed E-state index contributed by atoms with van der Waals surface area (Å²) in [5.41, 5.74) is 0. The zero-order valence-corrected chi connectivity index (χ0v) is 4.42. The summed E-state index contributed by atoms with van der Waals surface area (Å²) in [6.07, 6.45) is -3.67. The molecule has 4 N–H and O–H groups in total. The van der Waals surface area contributed by atoms with E-state index in [1.807, 2.05) is 0 Å². The molecule has 0 saturated carbocycles. The summed E-state index contributed by atoms with van der Waals surface area (Å²) in [5.74, 6) is 0. The van der Waals surface area contributed by atoms with Crippen molar-refractivity contribution in [3.63, 3.8) is 0 Å². The summed E-state index contributed by atoms with van der Waals surface area (Å²) in [4.78, 5) is 17.1. The molecule has 0 saturated heterocycles. The van der Waals surface area contributed by atoms with E-state index in [2.05, 4.69) is 0 Å². The number of carbonyl (C=O) groups is 2. The van der Waals surface area contributed by atoms with Gasteiger partial charge < -0.3 is 20.4 Å². The van der Waals surface area contributed by atoms with Crippen molar-refractivity contribution in [1.82, 2.24) is 0 Å². The number of carboxylic acid groups (broad SMARTS) is 4. The van der Waals surface area contributed by atoms with E-state index >= 15 is 0 Å². The minimum atomic E-state index is -1.83. The topological polar surface area (TPSA) is 172 Å². The van der Waals surface area contributed by atoms with Gasteiger partial charge in [-0.2, -0.15) is 0 Å². The SMILES string of the molecule is O=C(O)O.O=C(O)O.[CaH2].[CaH2].[CaH2].[KH].[O].[O]. The third-order valence-corrected chi connectivity index (χ3v) is 0. The van der Waals surface area contributed by atoms with Gasteiger partial charge in [-0.15, -0.1) is 0 Å². The molecule has 0 amide bonds. The van der Waals surface area contributed by atoms with Gasteiger partial charge in [-0.1, -0.05) is 0 Å². The first-order chi connectivity index (χ1) is 3.46. The predicted octanol–water partition coefficient (Wildman–Crippen LogP) is -3.19. The van der Waals surface area contributed by atoms with Crippen LogP contribution in [-0.4, -0.2) is 197 Å². The minimum Gasteiger partial charge on any atom is 0 e. The van der Waals surface area contributed by atoms with Gasteiger partial charge in [0.25, 0.3) is 0 Å². The third-order valence-electron chi connectivity index (χ3n) is 0. The molecule has 0 atom stereocenters. The molecule has 14 heavy (non-hydrogen) atoms. The van der Waals surface area contributed by atoms with Crippen molar-refractivity contribution in [2.75, 3.05) is 0 Å². The van der Waals surface area contributed by atoms with Crippen LogP contribution in [0.15, 0.2) is 0 Å². The molecular formula is C2H11Ca3KO8. The quantitative estimate of drug-likeness (QED) is 0.342. The molecule has 0 aliphatic heterocycles. The van der Waals surface area contributed by atoms with Gasteiger partial charge in [0.05, 0.1) is 0 Å². The summed E-state index contributed by atoms with van der Waals surface area (Å²) in [5, 5.41) is 27.9. The summed E-state index contributed by atoms with van der Waals surface area (Å²) < 4.78 is 0. The summed E-state index contributed by atoms with van der Waals surface area (Å²) in [7, 11) is 0. The van der Waals surface area contributed by atoms with E-state index in [1.54, 1.807) is 0 Å². The molecule has 0 aromatic rings. The maximum atomic E-state index is 8.56. The second-order valence-corrected chi connectivity index (χ2v) is 0.565. The van der Waals surface area contributed by atoms with Crippen molar-refractivity contribution >= 4 is 177 Å². The number of hydrogen-bond donors (Lipinski definition) is 4. The molecule has 0 rings (SSSR count). The largest absolute Gasteiger partial charge is 0 e. The second kappa shape index (κ2) is 43.6. The Hall–Kier alpha value is 3.88. The van der Waals surface area contributed by atoms with E-state index in [0.29, 0.717) is 0 Å². The summed E-state index contributed by atoms with van der Waals surface area (Å²) >= 11 is 0. The molecule has 74 valence electrons. The second-order valence-electron chi connectivity index (χ2n) is 0.565. The molecule has 0 spiro atoms. The fourth-order valence-electron chi connectivity index (χ4n) is 0. The van der Waals surface area contributed by atoms with Crippen LogP contribution in [0.5, 0.6) is 0 Å². The van der Waals surface area contributed by atoms with Crippen LogP contribution in [0.1, 0.15) is 0 Å². The minimum absolute atomic E-state index is 0. The zero-order valence-electron chi connectivity index (χ0n) is 4.42. The Balaban J connectivity index is -0.00000000600. The van der Waals surface area contributed by atoms with Crippen molar-refractivity contribution in [1.29, 1.82) is 0 Å². The monoisotopic (exact) mass is 322 g/mol. The fraction of sp³-hybridized carbons (Fsp3) is 0. The Kier molecular flexibility index (Phi) is 163. The Morgan fingerprint density at radius 2 is 0.643 bits per heavy atom. The standard InChI is InChI=1S/2CH2O3.3Ca.K.2O.7H/c2*2-1(3)4;;;;;;;;;;;;;/h2*(H2,2,3,4);;;;;;;;;;;;;. The first-order valence-corrected chi connectivity index (χ1v) is 1.30. The molecule has 0 aliphatic rings. The van der Waals surface area contributed by atoms with Gasteiger partial charge in [0.15, 0.2) is 0 Å². The van der Waals surface area contributed by atoms with Gasteiger partial charge in [0.1, 0.15) is 0 Å². The van der Waals surface area contributed by atoms with Gasteiger partial charge >= 0.3 is 177 Å². The first-order valence-electron chi connectivity index (χ1n) is 1.30. The average molecular weight is 322 g/mol. The number of rotatable bonds is 0. The molecule has 0 aromatic carbocycles. The van der Waals surface area contributed by atoms with Crippen LogP contribution in [0.25, 0.3) is 0 Å². The zero-order chi connectivity index (χ0) is 7.15. The van der Waals surface area contributed by atoms with E-state index in [0.717, 1.165) is 0 Å². The first kappa shape index (κ1) is 52.2. The normalized spacial score (nSPS) is 3.43. The van der Waals surface area contributed by atoms with E-state index in [1.165, 1.54) is 0 Å².